The van der Waals surface area contributed by atoms with Crippen LogP contribution in [0.2, 0.25) is 0 Å². The summed E-state index contributed by atoms with van der Waals surface area (Å²) in [5.41, 5.74) is 3.05. The molecule has 0 radical (unpaired) electrons. The van der Waals surface area contributed by atoms with E-state index < -0.39 is 0 Å². The molecule has 2 aliphatic rings. The minimum absolute atomic E-state index is 0.141. The molecule has 1 saturated heterocycles. The first-order chi connectivity index (χ1) is 14.6. The van der Waals surface area contributed by atoms with Crippen LogP contribution in [0.4, 0.5) is 5.82 Å². The molecule has 1 spiro atoms. The first-order valence-electron chi connectivity index (χ1n) is 10.6. The van der Waals surface area contributed by atoms with E-state index in [0.29, 0.717) is 5.88 Å². The monoisotopic (exact) mass is 404 g/mol. The summed E-state index contributed by atoms with van der Waals surface area (Å²) in [6, 6.07) is 15.0. The Hall–Kier alpha value is -2.86. The van der Waals surface area contributed by atoms with Gasteiger partial charge >= 0.3 is 0 Å². The maximum absolute atomic E-state index is 5.80. The molecule has 1 aromatic carbocycles. The maximum Gasteiger partial charge on any atom is 0.218 e. The van der Waals surface area contributed by atoms with Crippen LogP contribution in [0.25, 0.3) is 0 Å². The topological polar surface area (TPSA) is 54.6 Å². The van der Waals surface area contributed by atoms with Crippen molar-refractivity contribution in [2.75, 3.05) is 31.6 Å². The van der Waals surface area contributed by atoms with Crippen LogP contribution in [0, 0.1) is 6.92 Å². The number of aromatic nitrogens is 2. The average molecular weight is 405 g/mol. The summed E-state index contributed by atoms with van der Waals surface area (Å²) in [6.45, 7) is 6.86. The Balaban J connectivity index is 1.39. The van der Waals surface area contributed by atoms with E-state index in [9.17, 15) is 0 Å². The average Bonchev–Trinajstić information content (AvgIpc) is 3.20. The second kappa shape index (κ2) is 7.76. The minimum Gasteiger partial charge on any atom is -0.481 e. The predicted molar refractivity (Wildman–Crippen MR) is 116 cm³/mol. The lowest BCUT2D eigenvalue weighted by Crippen LogP contribution is -2.52. The Labute approximate surface area is 177 Å². The zero-order chi connectivity index (χ0) is 20.6. The first kappa shape index (κ1) is 19.1. The van der Waals surface area contributed by atoms with Crippen molar-refractivity contribution in [3.8, 4) is 5.88 Å². The van der Waals surface area contributed by atoms with Gasteiger partial charge in [-0.25, -0.2) is 9.97 Å². The number of nitrogens with zero attached hydrogens (tertiary/aromatic N) is 4. The highest BCUT2D eigenvalue weighted by atomic mass is 16.5. The molecule has 0 saturated carbocycles. The number of ether oxygens (including phenoxy) is 1. The molecule has 2 aliphatic heterocycles. The number of furan rings is 1. The summed E-state index contributed by atoms with van der Waals surface area (Å²) < 4.78 is 11.1. The number of anilines is 1. The maximum atomic E-state index is 5.80. The zero-order valence-electron chi connectivity index (χ0n) is 17.7. The molecule has 0 unspecified atom stereocenters. The van der Waals surface area contributed by atoms with Gasteiger partial charge in [-0.05, 0) is 56.1 Å². The van der Waals surface area contributed by atoms with E-state index in [0.717, 1.165) is 62.9 Å². The van der Waals surface area contributed by atoms with Gasteiger partial charge in [-0.1, -0.05) is 24.3 Å². The summed E-state index contributed by atoms with van der Waals surface area (Å²) >= 11 is 0. The number of benzene rings is 1. The van der Waals surface area contributed by atoms with Gasteiger partial charge in [-0.3, -0.25) is 4.90 Å². The van der Waals surface area contributed by atoms with Crippen LogP contribution in [0.3, 0.4) is 0 Å². The quantitative estimate of drug-likeness (QED) is 0.657. The van der Waals surface area contributed by atoms with Crippen molar-refractivity contribution < 1.29 is 9.15 Å². The third-order valence-electron chi connectivity index (χ3n) is 6.59. The Bertz CT molecular complexity index is 1020. The number of hydrogen-bond acceptors (Lipinski definition) is 6. The van der Waals surface area contributed by atoms with Gasteiger partial charge in [0.25, 0.3) is 0 Å². The lowest BCUT2D eigenvalue weighted by atomic mass is 9.69. The molecular weight excluding hydrogens is 376 g/mol. The van der Waals surface area contributed by atoms with E-state index >= 15 is 0 Å². The van der Waals surface area contributed by atoms with Gasteiger partial charge in [0.2, 0.25) is 5.88 Å². The molecule has 0 N–H and O–H groups in total. The molecule has 0 amide bonds. The third kappa shape index (κ3) is 3.56. The van der Waals surface area contributed by atoms with E-state index in [2.05, 4.69) is 50.1 Å². The fourth-order valence-corrected chi connectivity index (χ4v) is 5.02. The molecule has 156 valence electrons. The number of rotatable bonds is 4. The molecule has 4 heterocycles. The van der Waals surface area contributed by atoms with Gasteiger partial charge in [0.1, 0.15) is 23.7 Å². The van der Waals surface area contributed by atoms with Gasteiger partial charge in [0.15, 0.2) is 0 Å². The molecule has 1 fully saturated rings. The van der Waals surface area contributed by atoms with Crippen LogP contribution in [0.15, 0.2) is 53.2 Å². The van der Waals surface area contributed by atoms with Crippen LogP contribution in [0.5, 0.6) is 5.88 Å². The second-order valence-electron chi connectivity index (χ2n) is 8.50. The molecule has 0 bridgehead atoms. The van der Waals surface area contributed by atoms with Crippen molar-refractivity contribution in [2.45, 2.75) is 38.3 Å². The number of hydrogen-bond donors (Lipinski definition) is 0. The Morgan fingerprint density at radius 2 is 1.93 bits per heavy atom. The molecule has 6 nitrogen and oxygen atoms in total. The molecule has 5 rings (SSSR count). The Morgan fingerprint density at radius 3 is 2.70 bits per heavy atom. The van der Waals surface area contributed by atoms with Crippen molar-refractivity contribution in [3.63, 3.8) is 0 Å². The molecule has 6 heteroatoms. The number of piperidine rings is 1. The van der Waals surface area contributed by atoms with Crippen LogP contribution in [-0.2, 0) is 18.5 Å². The van der Waals surface area contributed by atoms with Crippen molar-refractivity contribution in [1.29, 1.82) is 0 Å². The summed E-state index contributed by atoms with van der Waals surface area (Å²) in [6.07, 6.45) is 3.85. The van der Waals surface area contributed by atoms with Crippen LogP contribution in [0.1, 0.15) is 35.5 Å². The van der Waals surface area contributed by atoms with Crippen molar-refractivity contribution in [3.05, 3.63) is 71.4 Å². The van der Waals surface area contributed by atoms with Crippen molar-refractivity contribution in [1.82, 2.24) is 14.9 Å². The van der Waals surface area contributed by atoms with E-state index in [-0.39, 0.29) is 5.41 Å². The highest BCUT2D eigenvalue weighted by molar-refractivity contribution is 5.49. The van der Waals surface area contributed by atoms with Gasteiger partial charge in [0.05, 0.1) is 13.7 Å². The fraction of sp³-hybridized carbons (Fsp3) is 0.417. The van der Waals surface area contributed by atoms with E-state index in [4.69, 9.17) is 9.15 Å². The summed E-state index contributed by atoms with van der Waals surface area (Å²) in [7, 11) is 1.65. The molecular formula is C24H28N4O2. The first-order valence-corrected chi connectivity index (χ1v) is 10.6. The number of likely N-dealkylation sites (tertiary alicyclic amines) is 1. The molecule has 0 aliphatic carbocycles. The Morgan fingerprint density at radius 1 is 1.10 bits per heavy atom. The zero-order valence-corrected chi connectivity index (χ0v) is 17.7. The fourth-order valence-electron chi connectivity index (χ4n) is 5.02. The van der Waals surface area contributed by atoms with Crippen molar-refractivity contribution in [2.24, 2.45) is 0 Å². The Kier molecular flexibility index (Phi) is 4.95. The summed E-state index contributed by atoms with van der Waals surface area (Å²) in [5.74, 6) is 3.58. The van der Waals surface area contributed by atoms with Crippen molar-refractivity contribution >= 4 is 5.82 Å². The van der Waals surface area contributed by atoms with E-state index in [1.165, 1.54) is 11.1 Å². The van der Waals surface area contributed by atoms with Gasteiger partial charge in [-0.2, -0.15) is 0 Å². The van der Waals surface area contributed by atoms with Crippen LogP contribution >= 0.6 is 0 Å². The lowest BCUT2D eigenvalue weighted by molar-refractivity contribution is 0.141. The molecule has 3 aromatic rings. The predicted octanol–water partition coefficient (Wildman–Crippen LogP) is 3.94. The third-order valence-corrected chi connectivity index (χ3v) is 6.59. The summed E-state index contributed by atoms with van der Waals surface area (Å²) in [5, 5.41) is 0. The normalized spacial score (nSPS) is 18.4. The van der Waals surface area contributed by atoms with E-state index in [1.807, 2.05) is 19.1 Å². The SMILES string of the molecule is COc1cc(N2Cc3ccccc3C3(CCN(Cc4ccc(C)o4)CC3)C2)ncn1. The number of methoxy groups -OCH3 is 1. The summed E-state index contributed by atoms with van der Waals surface area (Å²) in [4.78, 5) is 13.6. The lowest BCUT2D eigenvalue weighted by Gasteiger charge is -2.49. The molecule has 0 atom stereocenters. The standard InChI is InChI=1S/C24H28N4O2/c1-18-7-8-20(30-18)15-27-11-9-24(10-12-27)16-28(14-19-5-3-4-6-21(19)24)22-13-23(29-2)26-17-25-22/h3-8,13,17H,9-12,14-16H2,1-2H3. The minimum atomic E-state index is 0.141. The van der Waals surface area contributed by atoms with Gasteiger partial charge in [-0.15, -0.1) is 0 Å². The number of aryl methyl sites for hydroxylation is 1. The molecule has 30 heavy (non-hydrogen) atoms. The van der Waals surface area contributed by atoms with Crippen LogP contribution < -0.4 is 9.64 Å². The van der Waals surface area contributed by atoms with Crippen LogP contribution in [-0.4, -0.2) is 41.6 Å². The smallest absolute Gasteiger partial charge is 0.218 e. The largest absolute Gasteiger partial charge is 0.481 e. The molecule has 2 aromatic heterocycles. The highest BCUT2D eigenvalue weighted by Crippen LogP contribution is 2.43. The highest BCUT2D eigenvalue weighted by Gasteiger charge is 2.42. The van der Waals surface area contributed by atoms with E-state index in [1.54, 1.807) is 13.4 Å². The van der Waals surface area contributed by atoms with Gasteiger partial charge in [0, 0.05) is 24.6 Å². The number of fused-ring (bicyclic) bond motifs is 2. The van der Waals surface area contributed by atoms with Gasteiger partial charge < -0.3 is 14.1 Å². The second-order valence-corrected chi connectivity index (χ2v) is 8.50.